The Hall–Kier alpha value is -2.18. The highest BCUT2D eigenvalue weighted by atomic mass is 16.5. The number of carbonyl (C=O) groups is 1. The van der Waals surface area contributed by atoms with E-state index in [0.717, 1.165) is 50.4 Å². The number of pyridine rings is 1. The molecular formula is C24H32N4O2. The van der Waals surface area contributed by atoms with Gasteiger partial charge in [0.1, 0.15) is 11.9 Å². The van der Waals surface area contributed by atoms with Crippen LogP contribution in [0.3, 0.4) is 0 Å². The van der Waals surface area contributed by atoms with Crippen LogP contribution in [0.1, 0.15) is 31.2 Å². The quantitative estimate of drug-likeness (QED) is 0.725. The number of carbonyl (C=O) groups excluding carboxylic acids is 1. The number of anilines is 1. The van der Waals surface area contributed by atoms with Crippen LogP contribution in [-0.4, -0.2) is 78.7 Å². The Bertz CT molecular complexity index is 911. The van der Waals surface area contributed by atoms with E-state index >= 15 is 0 Å². The van der Waals surface area contributed by atoms with E-state index in [1.807, 2.05) is 6.07 Å². The van der Waals surface area contributed by atoms with Crippen molar-refractivity contribution in [2.45, 2.75) is 50.8 Å². The van der Waals surface area contributed by atoms with E-state index in [2.05, 4.69) is 52.9 Å². The number of rotatable bonds is 4. The van der Waals surface area contributed by atoms with Gasteiger partial charge in [0.2, 0.25) is 0 Å². The van der Waals surface area contributed by atoms with Gasteiger partial charge in [0.25, 0.3) is 0 Å². The van der Waals surface area contributed by atoms with E-state index in [1.54, 1.807) is 0 Å². The van der Waals surface area contributed by atoms with Crippen molar-refractivity contribution in [2.24, 2.45) is 0 Å². The largest absolute Gasteiger partial charge is 0.461 e. The standard InChI is InChI=1S/C24H32N4O2/c1-17-13-23(25-22-6-4-3-5-21(17)22)28-11-9-27(10-12-28)16-24(29)30-20-14-18-7-8-19(15-20)26(18)2/h3-6,13,18-20H,7-12,14-16H2,1-2H3. The van der Waals surface area contributed by atoms with Crippen molar-refractivity contribution in [1.29, 1.82) is 0 Å². The first kappa shape index (κ1) is 19.8. The number of fused-ring (bicyclic) bond motifs is 3. The Kier molecular flexibility index (Phi) is 5.37. The number of ether oxygens (including phenoxy) is 1. The fraction of sp³-hybridized carbons (Fsp3) is 0.583. The lowest BCUT2D eigenvalue weighted by Gasteiger charge is -2.37. The molecule has 2 unspecified atom stereocenters. The number of piperazine rings is 1. The van der Waals surface area contributed by atoms with Crippen molar-refractivity contribution < 1.29 is 9.53 Å². The summed E-state index contributed by atoms with van der Waals surface area (Å²) >= 11 is 0. The zero-order chi connectivity index (χ0) is 20.7. The highest BCUT2D eigenvalue weighted by molar-refractivity contribution is 5.83. The van der Waals surface area contributed by atoms with Crippen molar-refractivity contribution in [3.63, 3.8) is 0 Å². The molecule has 6 nitrogen and oxygen atoms in total. The summed E-state index contributed by atoms with van der Waals surface area (Å²) in [6, 6.07) is 11.7. The third kappa shape index (κ3) is 3.91. The number of benzene rings is 1. The molecule has 2 aromatic rings. The second-order valence-electron chi connectivity index (χ2n) is 9.21. The first-order valence-corrected chi connectivity index (χ1v) is 11.3. The predicted octanol–water partition coefficient (Wildman–Crippen LogP) is 2.83. The Balaban J connectivity index is 1.13. The number of aromatic nitrogens is 1. The molecule has 0 saturated carbocycles. The molecule has 2 bridgehead atoms. The summed E-state index contributed by atoms with van der Waals surface area (Å²) in [6.45, 7) is 6.05. The van der Waals surface area contributed by atoms with Crippen LogP contribution in [0.25, 0.3) is 10.9 Å². The van der Waals surface area contributed by atoms with Crippen molar-refractivity contribution in [2.75, 3.05) is 44.7 Å². The molecule has 3 saturated heterocycles. The Labute approximate surface area is 178 Å². The van der Waals surface area contributed by atoms with Crippen molar-refractivity contribution >= 4 is 22.7 Å². The third-order valence-electron chi connectivity index (χ3n) is 7.31. The lowest BCUT2D eigenvalue weighted by atomic mass is 10.0. The molecule has 3 aliphatic rings. The van der Waals surface area contributed by atoms with Gasteiger partial charge in [-0.05, 0) is 57.4 Å². The van der Waals surface area contributed by atoms with E-state index in [-0.39, 0.29) is 12.1 Å². The molecular weight excluding hydrogens is 376 g/mol. The second kappa shape index (κ2) is 8.16. The van der Waals surface area contributed by atoms with Gasteiger partial charge < -0.3 is 14.5 Å². The van der Waals surface area contributed by atoms with Crippen LogP contribution >= 0.6 is 0 Å². The Morgan fingerprint density at radius 1 is 1.10 bits per heavy atom. The minimum Gasteiger partial charge on any atom is -0.461 e. The summed E-state index contributed by atoms with van der Waals surface area (Å²) in [5.41, 5.74) is 2.30. The Morgan fingerprint density at radius 3 is 2.53 bits per heavy atom. The number of aryl methyl sites for hydroxylation is 1. The highest BCUT2D eigenvalue weighted by Crippen LogP contribution is 2.35. The van der Waals surface area contributed by atoms with Crippen LogP contribution in [0.2, 0.25) is 0 Å². The van der Waals surface area contributed by atoms with Crippen molar-refractivity contribution in [3.8, 4) is 0 Å². The maximum atomic E-state index is 12.5. The first-order chi connectivity index (χ1) is 14.6. The molecule has 4 heterocycles. The van der Waals surface area contributed by atoms with E-state index in [9.17, 15) is 4.79 Å². The fourth-order valence-electron chi connectivity index (χ4n) is 5.49. The van der Waals surface area contributed by atoms with Gasteiger partial charge in [-0.15, -0.1) is 0 Å². The first-order valence-electron chi connectivity index (χ1n) is 11.3. The molecule has 160 valence electrons. The van der Waals surface area contributed by atoms with Crippen LogP contribution in [0.4, 0.5) is 5.82 Å². The molecule has 3 aliphatic heterocycles. The van der Waals surface area contributed by atoms with Gasteiger partial charge in [0.05, 0.1) is 12.1 Å². The van der Waals surface area contributed by atoms with Gasteiger partial charge >= 0.3 is 5.97 Å². The number of piperidine rings is 1. The lowest BCUT2D eigenvalue weighted by Crippen LogP contribution is -2.49. The number of hydrogen-bond donors (Lipinski definition) is 0. The summed E-state index contributed by atoms with van der Waals surface area (Å²) in [5.74, 6) is 0.979. The van der Waals surface area contributed by atoms with E-state index in [1.165, 1.54) is 23.8 Å². The molecule has 30 heavy (non-hydrogen) atoms. The summed E-state index contributed by atoms with van der Waals surface area (Å²) in [5, 5.41) is 1.21. The summed E-state index contributed by atoms with van der Waals surface area (Å²) in [6.07, 6.45) is 4.61. The van der Waals surface area contributed by atoms with Crippen LogP contribution in [-0.2, 0) is 9.53 Å². The predicted molar refractivity (Wildman–Crippen MR) is 119 cm³/mol. The molecule has 0 spiro atoms. The maximum Gasteiger partial charge on any atom is 0.320 e. The van der Waals surface area contributed by atoms with E-state index in [0.29, 0.717) is 18.6 Å². The number of nitrogens with zero attached hydrogens (tertiary/aromatic N) is 4. The van der Waals surface area contributed by atoms with Gasteiger partial charge in [-0.3, -0.25) is 9.69 Å². The van der Waals surface area contributed by atoms with E-state index in [4.69, 9.17) is 9.72 Å². The monoisotopic (exact) mass is 408 g/mol. The minimum absolute atomic E-state index is 0.0583. The second-order valence-corrected chi connectivity index (χ2v) is 9.21. The van der Waals surface area contributed by atoms with Crippen LogP contribution < -0.4 is 4.90 Å². The van der Waals surface area contributed by atoms with Gasteiger partial charge in [-0.2, -0.15) is 0 Å². The van der Waals surface area contributed by atoms with Gasteiger partial charge in [0, 0.05) is 43.6 Å². The molecule has 0 amide bonds. The molecule has 6 heteroatoms. The fourth-order valence-corrected chi connectivity index (χ4v) is 5.49. The summed E-state index contributed by atoms with van der Waals surface area (Å²) in [7, 11) is 2.21. The normalized spacial score (nSPS) is 27.5. The van der Waals surface area contributed by atoms with Crippen LogP contribution in [0.5, 0.6) is 0 Å². The third-order valence-corrected chi connectivity index (χ3v) is 7.31. The Morgan fingerprint density at radius 2 is 1.80 bits per heavy atom. The smallest absolute Gasteiger partial charge is 0.320 e. The number of para-hydroxylation sites is 1. The van der Waals surface area contributed by atoms with Crippen LogP contribution in [0.15, 0.2) is 30.3 Å². The summed E-state index contributed by atoms with van der Waals surface area (Å²) in [4.78, 5) is 24.4. The minimum atomic E-state index is -0.0583. The molecule has 3 fully saturated rings. The zero-order valence-corrected chi connectivity index (χ0v) is 18.1. The average molecular weight is 409 g/mol. The highest BCUT2D eigenvalue weighted by Gasteiger charge is 2.40. The van der Waals surface area contributed by atoms with Gasteiger partial charge in [-0.25, -0.2) is 4.98 Å². The van der Waals surface area contributed by atoms with Crippen LogP contribution in [0, 0.1) is 6.92 Å². The number of hydrogen-bond acceptors (Lipinski definition) is 6. The molecule has 5 rings (SSSR count). The number of esters is 1. The molecule has 0 aliphatic carbocycles. The molecule has 2 atom stereocenters. The lowest BCUT2D eigenvalue weighted by molar-refractivity contribution is -0.153. The zero-order valence-electron chi connectivity index (χ0n) is 18.1. The van der Waals surface area contributed by atoms with Crippen molar-refractivity contribution in [3.05, 3.63) is 35.9 Å². The topological polar surface area (TPSA) is 48.9 Å². The molecule has 0 N–H and O–H groups in total. The molecule has 0 radical (unpaired) electrons. The van der Waals surface area contributed by atoms with E-state index < -0.39 is 0 Å². The summed E-state index contributed by atoms with van der Waals surface area (Å²) < 4.78 is 5.87. The molecule has 1 aromatic carbocycles. The van der Waals surface area contributed by atoms with Gasteiger partial charge in [0.15, 0.2) is 0 Å². The maximum absolute atomic E-state index is 12.5. The van der Waals surface area contributed by atoms with Gasteiger partial charge in [-0.1, -0.05) is 18.2 Å². The average Bonchev–Trinajstić information content (AvgIpc) is 2.95. The van der Waals surface area contributed by atoms with Crippen molar-refractivity contribution in [1.82, 2.24) is 14.8 Å². The SMILES string of the molecule is Cc1cc(N2CCN(CC(=O)OC3CC4CCC(C3)N4C)CC2)nc2ccccc12. The molecule has 1 aromatic heterocycles.